The maximum atomic E-state index is 13.1. The molecule has 0 amide bonds. The van der Waals surface area contributed by atoms with Crippen LogP contribution >= 0.6 is 0 Å². The summed E-state index contributed by atoms with van der Waals surface area (Å²) in [5.41, 5.74) is 5.26. The minimum Gasteiger partial charge on any atom is -0.329 e. The van der Waals surface area contributed by atoms with Crippen molar-refractivity contribution < 1.29 is 13.2 Å². The van der Waals surface area contributed by atoms with Crippen molar-refractivity contribution in [1.82, 2.24) is 4.90 Å². The van der Waals surface area contributed by atoms with Crippen LogP contribution in [0.1, 0.15) is 30.9 Å². The van der Waals surface area contributed by atoms with Crippen LogP contribution in [0.15, 0.2) is 24.3 Å². The molecule has 1 heterocycles. The number of nitrogens with two attached hydrogens (primary N) is 1. The molecule has 112 valence electrons. The van der Waals surface area contributed by atoms with E-state index in [1.165, 1.54) is 6.07 Å². The van der Waals surface area contributed by atoms with E-state index < -0.39 is 17.3 Å². The van der Waals surface area contributed by atoms with Gasteiger partial charge in [0.2, 0.25) is 0 Å². The number of alkyl halides is 3. The van der Waals surface area contributed by atoms with Gasteiger partial charge in [-0.2, -0.15) is 13.2 Å². The second-order valence-electron chi connectivity index (χ2n) is 5.73. The molecule has 1 aliphatic rings. The molecule has 0 radical (unpaired) electrons. The Bertz CT molecular complexity index is 453. The van der Waals surface area contributed by atoms with Crippen LogP contribution in [0, 0.1) is 0 Å². The molecule has 1 aromatic rings. The fourth-order valence-corrected chi connectivity index (χ4v) is 2.93. The highest BCUT2D eigenvalue weighted by molar-refractivity contribution is 5.31. The summed E-state index contributed by atoms with van der Waals surface area (Å²) in [4.78, 5) is 2.22. The summed E-state index contributed by atoms with van der Waals surface area (Å²) >= 11 is 0. The van der Waals surface area contributed by atoms with Gasteiger partial charge < -0.3 is 5.73 Å². The summed E-state index contributed by atoms with van der Waals surface area (Å²) in [6, 6.07) is 5.80. The second-order valence-corrected chi connectivity index (χ2v) is 5.73. The Kier molecular flexibility index (Phi) is 4.39. The highest BCUT2D eigenvalue weighted by atomic mass is 19.4. The first-order chi connectivity index (χ1) is 9.37. The van der Waals surface area contributed by atoms with Crippen LogP contribution in [0.3, 0.4) is 0 Å². The lowest BCUT2D eigenvalue weighted by Gasteiger charge is -2.38. The third kappa shape index (κ3) is 3.15. The number of likely N-dealkylation sites (tertiary alicyclic amines) is 1. The van der Waals surface area contributed by atoms with Crippen molar-refractivity contribution in [2.45, 2.75) is 37.9 Å². The Morgan fingerprint density at radius 2 is 1.75 bits per heavy atom. The molecule has 5 heteroatoms. The molecule has 1 aromatic carbocycles. The Morgan fingerprint density at radius 1 is 1.15 bits per heavy atom. The monoisotopic (exact) mass is 286 g/mol. The number of hydrogen-bond donors (Lipinski definition) is 1. The Morgan fingerprint density at radius 3 is 2.30 bits per heavy atom. The smallest absolute Gasteiger partial charge is 0.329 e. The van der Waals surface area contributed by atoms with Gasteiger partial charge in [-0.1, -0.05) is 18.2 Å². The molecule has 0 saturated carbocycles. The van der Waals surface area contributed by atoms with Gasteiger partial charge in [0.25, 0.3) is 0 Å². The Balaban J connectivity index is 2.28. The highest BCUT2D eigenvalue weighted by Crippen LogP contribution is 2.34. The van der Waals surface area contributed by atoms with Gasteiger partial charge in [-0.25, -0.2) is 0 Å². The number of rotatable bonds is 4. The number of nitrogens with zero attached hydrogens (tertiary/aromatic N) is 1. The first-order valence-electron chi connectivity index (χ1n) is 6.97. The highest BCUT2D eigenvalue weighted by Gasteiger charge is 2.37. The van der Waals surface area contributed by atoms with Crippen molar-refractivity contribution in [3.8, 4) is 0 Å². The van der Waals surface area contributed by atoms with Crippen molar-refractivity contribution in [2.24, 2.45) is 5.73 Å². The standard InChI is InChI=1S/C15H21F3N2/c1-14(11-19,20-8-4-5-9-20)10-12-6-2-3-7-13(12)15(16,17)18/h2-3,6-7H,4-5,8-11,19H2,1H3. The third-order valence-electron chi connectivity index (χ3n) is 4.20. The van der Waals surface area contributed by atoms with Crippen LogP contribution in [-0.2, 0) is 12.6 Å². The van der Waals surface area contributed by atoms with E-state index in [4.69, 9.17) is 5.73 Å². The van der Waals surface area contributed by atoms with Crippen LogP contribution in [0.4, 0.5) is 13.2 Å². The zero-order chi connectivity index (χ0) is 14.8. The van der Waals surface area contributed by atoms with Gasteiger partial charge in [0, 0.05) is 12.1 Å². The third-order valence-corrected chi connectivity index (χ3v) is 4.20. The summed E-state index contributed by atoms with van der Waals surface area (Å²) in [6.07, 6.45) is -1.79. The van der Waals surface area contributed by atoms with Crippen LogP contribution in [0.25, 0.3) is 0 Å². The number of halogens is 3. The molecule has 0 spiro atoms. The molecular formula is C15H21F3N2. The molecule has 1 unspecified atom stereocenters. The summed E-state index contributed by atoms with van der Waals surface area (Å²) in [5, 5.41) is 0. The van der Waals surface area contributed by atoms with Gasteiger partial charge in [-0.05, 0) is 50.9 Å². The summed E-state index contributed by atoms with van der Waals surface area (Å²) in [5.74, 6) is 0. The van der Waals surface area contributed by atoms with Crippen LogP contribution in [0.2, 0.25) is 0 Å². The van der Waals surface area contributed by atoms with Gasteiger partial charge in [0.15, 0.2) is 0 Å². The van der Waals surface area contributed by atoms with E-state index in [0.29, 0.717) is 18.5 Å². The van der Waals surface area contributed by atoms with Gasteiger partial charge in [-0.3, -0.25) is 4.90 Å². The zero-order valence-electron chi connectivity index (χ0n) is 11.7. The summed E-state index contributed by atoms with van der Waals surface area (Å²) in [7, 11) is 0. The molecule has 0 aromatic heterocycles. The lowest BCUT2D eigenvalue weighted by atomic mass is 9.88. The maximum Gasteiger partial charge on any atom is 0.416 e. The molecule has 1 atom stereocenters. The van der Waals surface area contributed by atoms with Crippen molar-refractivity contribution in [1.29, 1.82) is 0 Å². The van der Waals surface area contributed by atoms with E-state index >= 15 is 0 Å². The van der Waals surface area contributed by atoms with Crippen molar-refractivity contribution in [3.63, 3.8) is 0 Å². The molecular weight excluding hydrogens is 265 g/mol. The van der Waals surface area contributed by atoms with Crippen LogP contribution in [0.5, 0.6) is 0 Å². The molecule has 1 saturated heterocycles. The Labute approximate surface area is 117 Å². The van der Waals surface area contributed by atoms with E-state index in [0.717, 1.165) is 32.0 Å². The summed E-state index contributed by atoms with van der Waals surface area (Å²) in [6.45, 7) is 4.16. The lowest BCUT2D eigenvalue weighted by molar-refractivity contribution is -0.138. The average Bonchev–Trinajstić information content (AvgIpc) is 2.92. The van der Waals surface area contributed by atoms with E-state index in [9.17, 15) is 13.2 Å². The SMILES string of the molecule is CC(CN)(Cc1ccccc1C(F)(F)F)N1CCCC1. The summed E-state index contributed by atoms with van der Waals surface area (Å²) < 4.78 is 39.2. The maximum absolute atomic E-state index is 13.1. The number of hydrogen-bond acceptors (Lipinski definition) is 2. The van der Waals surface area contributed by atoms with Gasteiger partial charge in [0.05, 0.1) is 5.56 Å². The van der Waals surface area contributed by atoms with Crippen molar-refractivity contribution >= 4 is 0 Å². The van der Waals surface area contributed by atoms with Crippen molar-refractivity contribution in [3.05, 3.63) is 35.4 Å². The Hall–Kier alpha value is -1.07. The quantitative estimate of drug-likeness (QED) is 0.921. The normalized spacial score (nSPS) is 20.1. The molecule has 1 fully saturated rings. The van der Waals surface area contributed by atoms with E-state index in [-0.39, 0.29) is 0 Å². The molecule has 0 bridgehead atoms. The largest absolute Gasteiger partial charge is 0.416 e. The van der Waals surface area contributed by atoms with Crippen LogP contribution < -0.4 is 5.73 Å². The minimum atomic E-state index is -4.31. The number of benzene rings is 1. The molecule has 20 heavy (non-hydrogen) atoms. The average molecular weight is 286 g/mol. The minimum absolute atomic E-state index is 0.333. The fraction of sp³-hybridized carbons (Fsp3) is 0.600. The van der Waals surface area contributed by atoms with Gasteiger partial charge in [-0.15, -0.1) is 0 Å². The fourth-order valence-electron chi connectivity index (χ4n) is 2.93. The first-order valence-corrected chi connectivity index (χ1v) is 6.97. The van der Waals surface area contributed by atoms with Crippen LogP contribution in [-0.4, -0.2) is 30.1 Å². The lowest BCUT2D eigenvalue weighted by Crippen LogP contribution is -2.52. The molecule has 2 rings (SSSR count). The van der Waals surface area contributed by atoms with E-state index in [1.807, 2.05) is 6.92 Å². The van der Waals surface area contributed by atoms with Crippen molar-refractivity contribution in [2.75, 3.05) is 19.6 Å². The molecule has 1 aliphatic heterocycles. The molecule has 2 nitrogen and oxygen atoms in total. The predicted molar refractivity (Wildman–Crippen MR) is 73.4 cm³/mol. The molecule has 0 aliphatic carbocycles. The van der Waals surface area contributed by atoms with E-state index in [1.54, 1.807) is 12.1 Å². The van der Waals surface area contributed by atoms with E-state index in [2.05, 4.69) is 4.90 Å². The second kappa shape index (κ2) is 5.74. The molecule has 2 N–H and O–H groups in total. The predicted octanol–water partition coefficient (Wildman–Crippen LogP) is 3.06. The van der Waals surface area contributed by atoms with Gasteiger partial charge >= 0.3 is 6.18 Å². The first kappa shape index (κ1) is 15.3. The topological polar surface area (TPSA) is 29.3 Å². The van der Waals surface area contributed by atoms with Gasteiger partial charge in [0.1, 0.15) is 0 Å². The zero-order valence-corrected chi connectivity index (χ0v) is 11.7.